The predicted molar refractivity (Wildman–Crippen MR) is 119 cm³/mol. The van der Waals surface area contributed by atoms with Crippen LogP contribution in [0.15, 0.2) is 73.2 Å². The molecule has 30 heavy (non-hydrogen) atoms. The molecular formula is C24H23N5O. The molecule has 6 heteroatoms. The second-order valence-corrected chi connectivity index (χ2v) is 7.50. The predicted octanol–water partition coefficient (Wildman–Crippen LogP) is 3.76. The Kier molecular flexibility index (Phi) is 4.67. The van der Waals surface area contributed by atoms with Crippen LogP contribution in [0, 0.1) is 0 Å². The lowest BCUT2D eigenvalue weighted by Gasteiger charge is -2.35. The first-order chi connectivity index (χ1) is 14.7. The maximum Gasteiger partial charge on any atom is 0.219 e. The van der Waals surface area contributed by atoms with Crippen molar-refractivity contribution in [1.82, 2.24) is 19.4 Å². The molecule has 4 aromatic rings. The van der Waals surface area contributed by atoms with Gasteiger partial charge in [0, 0.05) is 50.6 Å². The molecule has 1 aliphatic heterocycles. The van der Waals surface area contributed by atoms with Gasteiger partial charge in [-0.2, -0.15) is 0 Å². The van der Waals surface area contributed by atoms with E-state index >= 15 is 0 Å². The monoisotopic (exact) mass is 397 g/mol. The molecule has 0 radical (unpaired) electrons. The summed E-state index contributed by atoms with van der Waals surface area (Å²) in [6, 6.07) is 20.6. The normalized spacial score (nSPS) is 14.3. The maximum atomic E-state index is 11.7. The summed E-state index contributed by atoms with van der Waals surface area (Å²) < 4.78 is 2.13. The van der Waals surface area contributed by atoms with E-state index in [0.717, 1.165) is 46.8 Å². The quantitative estimate of drug-likeness (QED) is 0.528. The average Bonchev–Trinajstić information content (AvgIpc) is 3.20. The van der Waals surface area contributed by atoms with Crippen molar-refractivity contribution in [2.75, 3.05) is 31.1 Å². The van der Waals surface area contributed by atoms with E-state index in [1.54, 1.807) is 13.3 Å². The molecule has 0 N–H and O–H groups in total. The summed E-state index contributed by atoms with van der Waals surface area (Å²) in [4.78, 5) is 25.2. The number of para-hydroxylation sites is 1. The van der Waals surface area contributed by atoms with Crippen molar-refractivity contribution in [1.29, 1.82) is 0 Å². The van der Waals surface area contributed by atoms with Crippen molar-refractivity contribution < 1.29 is 4.79 Å². The molecular weight excluding hydrogens is 374 g/mol. The van der Waals surface area contributed by atoms with Crippen LogP contribution in [0.4, 0.5) is 5.82 Å². The van der Waals surface area contributed by atoms with Crippen molar-refractivity contribution in [3.05, 3.63) is 73.2 Å². The minimum Gasteiger partial charge on any atom is -0.352 e. The number of hydrogen-bond acceptors (Lipinski definition) is 4. The summed E-state index contributed by atoms with van der Waals surface area (Å²) >= 11 is 0. The third kappa shape index (κ3) is 3.20. The van der Waals surface area contributed by atoms with Crippen molar-refractivity contribution in [2.45, 2.75) is 6.92 Å². The Bertz CT molecular complexity index is 1180. The summed E-state index contributed by atoms with van der Waals surface area (Å²) in [5.41, 5.74) is 4.20. The molecule has 1 aliphatic rings. The van der Waals surface area contributed by atoms with Crippen molar-refractivity contribution in [3.8, 4) is 16.8 Å². The molecule has 0 saturated carbocycles. The molecule has 0 spiro atoms. The minimum atomic E-state index is 0.127. The summed E-state index contributed by atoms with van der Waals surface area (Å²) in [5, 5.41) is 1.05. The number of piperazine rings is 1. The molecule has 0 bridgehead atoms. The maximum absolute atomic E-state index is 11.7. The molecule has 1 saturated heterocycles. The lowest BCUT2D eigenvalue weighted by atomic mass is 10.1. The highest BCUT2D eigenvalue weighted by molar-refractivity contribution is 6.02. The van der Waals surface area contributed by atoms with Gasteiger partial charge in [0.1, 0.15) is 12.1 Å². The number of fused-ring (bicyclic) bond motifs is 1. The van der Waals surface area contributed by atoms with Crippen molar-refractivity contribution in [3.63, 3.8) is 0 Å². The molecule has 1 fully saturated rings. The molecule has 2 aromatic heterocycles. The van der Waals surface area contributed by atoms with E-state index in [1.807, 2.05) is 29.2 Å². The lowest BCUT2D eigenvalue weighted by Crippen LogP contribution is -2.48. The summed E-state index contributed by atoms with van der Waals surface area (Å²) in [6.07, 6.45) is 3.79. The van der Waals surface area contributed by atoms with Crippen LogP contribution in [0.5, 0.6) is 0 Å². The van der Waals surface area contributed by atoms with E-state index in [4.69, 9.17) is 4.98 Å². The molecule has 3 heterocycles. The van der Waals surface area contributed by atoms with Gasteiger partial charge in [-0.1, -0.05) is 48.5 Å². The van der Waals surface area contributed by atoms with Crippen molar-refractivity contribution in [2.24, 2.45) is 0 Å². The van der Waals surface area contributed by atoms with Crippen LogP contribution >= 0.6 is 0 Å². The smallest absolute Gasteiger partial charge is 0.219 e. The standard InChI is InChI=1S/C24H23N5O/c1-18(30)27-12-14-28(15-13-27)23-22-21(19-8-4-2-5-9-19)16-29(24(22)26-17-25-23)20-10-6-3-7-11-20/h2-11,16-17H,12-15H2,1H3. The fourth-order valence-electron chi connectivity index (χ4n) is 4.14. The van der Waals surface area contributed by atoms with Crippen LogP contribution in [-0.4, -0.2) is 51.5 Å². The van der Waals surface area contributed by atoms with Crippen LogP contribution in [-0.2, 0) is 4.79 Å². The molecule has 2 aromatic carbocycles. The Morgan fingerprint density at radius 3 is 2.20 bits per heavy atom. The van der Waals surface area contributed by atoms with E-state index in [0.29, 0.717) is 13.1 Å². The number of hydrogen-bond donors (Lipinski definition) is 0. The SMILES string of the molecule is CC(=O)N1CCN(c2ncnc3c2c(-c2ccccc2)cn3-c2ccccc2)CC1. The van der Waals surface area contributed by atoms with Gasteiger partial charge in [-0.05, 0) is 17.7 Å². The fraction of sp³-hybridized carbons (Fsp3) is 0.208. The Balaban J connectivity index is 1.67. The molecule has 0 atom stereocenters. The van der Waals surface area contributed by atoms with Gasteiger partial charge in [0.25, 0.3) is 0 Å². The van der Waals surface area contributed by atoms with Gasteiger partial charge in [-0.3, -0.25) is 4.79 Å². The molecule has 0 aliphatic carbocycles. The number of benzene rings is 2. The number of nitrogens with zero attached hydrogens (tertiary/aromatic N) is 5. The number of carbonyl (C=O) groups excluding carboxylic acids is 1. The van der Waals surface area contributed by atoms with Crippen LogP contribution in [0.25, 0.3) is 27.8 Å². The zero-order valence-corrected chi connectivity index (χ0v) is 16.9. The van der Waals surface area contributed by atoms with E-state index in [-0.39, 0.29) is 5.91 Å². The van der Waals surface area contributed by atoms with Gasteiger partial charge in [-0.15, -0.1) is 0 Å². The van der Waals surface area contributed by atoms with Crippen LogP contribution in [0.1, 0.15) is 6.92 Å². The topological polar surface area (TPSA) is 54.3 Å². The second kappa shape index (κ2) is 7.63. The number of amides is 1. The highest BCUT2D eigenvalue weighted by Gasteiger charge is 2.24. The third-order valence-electron chi connectivity index (χ3n) is 5.71. The highest BCUT2D eigenvalue weighted by Crippen LogP contribution is 2.36. The van der Waals surface area contributed by atoms with Crippen LogP contribution in [0.3, 0.4) is 0 Å². The van der Waals surface area contributed by atoms with E-state index < -0.39 is 0 Å². The first-order valence-electron chi connectivity index (χ1n) is 10.2. The molecule has 150 valence electrons. The lowest BCUT2D eigenvalue weighted by molar-refractivity contribution is -0.129. The number of carbonyl (C=O) groups is 1. The van der Waals surface area contributed by atoms with E-state index in [1.165, 1.54) is 0 Å². The van der Waals surface area contributed by atoms with Gasteiger partial charge in [0.2, 0.25) is 5.91 Å². The third-order valence-corrected chi connectivity index (χ3v) is 5.71. The molecule has 1 amide bonds. The average molecular weight is 397 g/mol. The zero-order valence-electron chi connectivity index (χ0n) is 16.9. The van der Waals surface area contributed by atoms with Crippen LogP contribution < -0.4 is 4.90 Å². The summed E-state index contributed by atoms with van der Waals surface area (Å²) in [7, 11) is 0. The molecule has 6 nitrogen and oxygen atoms in total. The van der Waals surface area contributed by atoms with Gasteiger partial charge < -0.3 is 14.4 Å². The first kappa shape index (κ1) is 18.4. The zero-order chi connectivity index (χ0) is 20.5. The highest BCUT2D eigenvalue weighted by atomic mass is 16.2. The Hall–Kier alpha value is -3.67. The molecule has 0 unspecified atom stereocenters. The van der Waals surface area contributed by atoms with E-state index in [9.17, 15) is 4.79 Å². The number of rotatable bonds is 3. The summed E-state index contributed by atoms with van der Waals surface area (Å²) in [5.74, 6) is 1.06. The number of anilines is 1. The van der Waals surface area contributed by atoms with Gasteiger partial charge in [0.05, 0.1) is 5.39 Å². The van der Waals surface area contributed by atoms with Gasteiger partial charge >= 0.3 is 0 Å². The fourth-order valence-corrected chi connectivity index (χ4v) is 4.14. The Labute approximate surface area is 175 Å². The molecule has 5 rings (SSSR count). The number of aromatic nitrogens is 3. The van der Waals surface area contributed by atoms with Gasteiger partial charge in [0.15, 0.2) is 5.65 Å². The summed E-state index contributed by atoms with van der Waals surface area (Å²) in [6.45, 7) is 4.57. The van der Waals surface area contributed by atoms with Crippen LogP contribution in [0.2, 0.25) is 0 Å². The first-order valence-corrected chi connectivity index (χ1v) is 10.2. The minimum absolute atomic E-state index is 0.127. The Morgan fingerprint density at radius 1 is 0.867 bits per heavy atom. The second-order valence-electron chi connectivity index (χ2n) is 7.50. The van der Waals surface area contributed by atoms with E-state index in [2.05, 4.69) is 57.0 Å². The largest absolute Gasteiger partial charge is 0.352 e. The van der Waals surface area contributed by atoms with Crippen molar-refractivity contribution >= 4 is 22.8 Å². The van der Waals surface area contributed by atoms with Gasteiger partial charge in [-0.25, -0.2) is 9.97 Å². The Morgan fingerprint density at radius 2 is 1.53 bits per heavy atom.